The zero-order valence-electron chi connectivity index (χ0n) is 13.2. The molecule has 0 spiro atoms. The van der Waals surface area contributed by atoms with Crippen LogP contribution in [-0.4, -0.2) is 19.7 Å². The molecule has 0 bridgehead atoms. The van der Waals surface area contributed by atoms with Gasteiger partial charge in [0.1, 0.15) is 4.83 Å². The highest BCUT2D eigenvalue weighted by molar-refractivity contribution is 7.18. The van der Waals surface area contributed by atoms with Crippen molar-refractivity contribution in [1.29, 1.82) is 0 Å². The van der Waals surface area contributed by atoms with Gasteiger partial charge in [-0.25, -0.2) is 4.98 Å². The van der Waals surface area contributed by atoms with Gasteiger partial charge >= 0.3 is 0 Å². The summed E-state index contributed by atoms with van der Waals surface area (Å²) in [6.07, 6.45) is 5.45. The van der Waals surface area contributed by atoms with Crippen LogP contribution < -0.4 is 5.56 Å². The summed E-state index contributed by atoms with van der Waals surface area (Å²) in [4.78, 5) is 23.8. The Morgan fingerprint density at radius 3 is 3.13 bits per heavy atom. The Morgan fingerprint density at radius 1 is 1.48 bits per heavy atom. The van der Waals surface area contributed by atoms with E-state index in [-0.39, 0.29) is 5.56 Å². The summed E-state index contributed by atoms with van der Waals surface area (Å²) in [5, 5.41) is 4.71. The molecule has 0 amide bonds. The zero-order chi connectivity index (χ0) is 16.0. The van der Waals surface area contributed by atoms with Crippen LogP contribution in [0.2, 0.25) is 0 Å². The molecule has 0 N–H and O–H groups in total. The van der Waals surface area contributed by atoms with Gasteiger partial charge in [-0.15, -0.1) is 11.3 Å². The second-order valence-corrected chi connectivity index (χ2v) is 7.25. The summed E-state index contributed by atoms with van der Waals surface area (Å²) in [5.41, 5.74) is 1.21. The summed E-state index contributed by atoms with van der Waals surface area (Å²) in [7, 11) is 0. The van der Waals surface area contributed by atoms with Gasteiger partial charge in [-0.05, 0) is 30.7 Å². The van der Waals surface area contributed by atoms with Gasteiger partial charge in [0.05, 0.1) is 18.3 Å². The number of thiophene rings is 1. The summed E-state index contributed by atoms with van der Waals surface area (Å²) in [6, 6.07) is 0. The highest BCUT2D eigenvalue weighted by atomic mass is 32.1. The second kappa shape index (κ2) is 5.56. The van der Waals surface area contributed by atoms with Crippen molar-refractivity contribution < 1.29 is 4.52 Å². The predicted octanol–water partition coefficient (Wildman–Crippen LogP) is 2.58. The lowest BCUT2D eigenvalue weighted by Gasteiger charge is -2.17. The third-order valence-corrected chi connectivity index (χ3v) is 5.57. The van der Waals surface area contributed by atoms with Crippen LogP contribution in [0.15, 0.2) is 15.6 Å². The molecule has 0 fully saturated rings. The Labute approximate surface area is 137 Å². The van der Waals surface area contributed by atoms with E-state index < -0.39 is 0 Å². The maximum Gasteiger partial charge on any atom is 0.262 e. The van der Waals surface area contributed by atoms with Crippen molar-refractivity contribution in [3.8, 4) is 0 Å². The SMILES string of the molecule is CCc1nc(Cn2cnc3sc4c(c3c2=O)CC[C@H](C)C4)no1. The van der Waals surface area contributed by atoms with Crippen molar-refractivity contribution in [3.63, 3.8) is 0 Å². The van der Waals surface area contributed by atoms with E-state index in [0.29, 0.717) is 30.6 Å². The van der Waals surface area contributed by atoms with Crippen molar-refractivity contribution in [3.05, 3.63) is 38.8 Å². The van der Waals surface area contributed by atoms with Gasteiger partial charge in [-0.2, -0.15) is 4.98 Å². The first-order valence-electron chi connectivity index (χ1n) is 7.96. The largest absolute Gasteiger partial charge is 0.339 e. The molecule has 3 heterocycles. The van der Waals surface area contributed by atoms with Crippen LogP contribution in [0.25, 0.3) is 10.2 Å². The Morgan fingerprint density at radius 2 is 2.35 bits per heavy atom. The monoisotopic (exact) mass is 330 g/mol. The molecule has 4 rings (SSSR count). The molecule has 23 heavy (non-hydrogen) atoms. The molecule has 0 saturated heterocycles. The second-order valence-electron chi connectivity index (χ2n) is 6.17. The van der Waals surface area contributed by atoms with E-state index >= 15 is 0 Å². The van der Waals surface area contributed by atoms with Gasteiger partial charge in [0.15, 0.2) is 5.82 Å². The lowest BCUT2D eigenvalue weighted by molar-refractivity contribution is 0.375. The molecule has 1 aliphatic carbocycles. The number of fused-ring (bicyclic) bond motifs is 3. The lowest BCUT2D eigenvalue weighted by Crippen LogP contribution is -2.22. The third kappa shape index (κ3) is 2.49. The van der Waals surface area contributed by atoms with Gasteiger partial charge in [-0.1, -0.05) is 19.0 Å². The molecule has 0 unspecified atom stereocenters. The van der Waals surface area contributed by atoms with E-state index in [1.54, 1.807) is 22.2 Å². The first-order chi connectivity index (χ1) is 11.2. The molecule has 1 atom stereocenters. The number of hydrogen-bond acceptors (Lipinski definition) is 6. The minimum atomic E-state index is 0.00454. The fourth-order valence-electron chi connectivity index (χ4n) is 3.13. The molecule has 1 aliphatic rings. The van der Waals surface area contributed by atoms with Crippen LogP contribution in [0, 0.1) is 5.92 Å². The number of aryl methyl sites for hydroxylation is 2. The minimum Gasteiger partial charge on any atom is -0.339 e. The minimum absolute atomic E-state index is 0.00454. The Kier molecular flexibility index (Phi) is 3.52. The maximum atomic E-state index is 12.9. The fourth-order valence-corrected chi connectivity index (χ4v) is 4.47. The number of nitrogens with zero attached hydrogens (tertiary/aromatic N) is 4. The maximum absolute atomic E-state index is 12.9. The van der Waals surface area contributed by atoms with E-state index in [9.17, 15) is 4.79 Å². The number of rotatable bonds is 3. The van der Waals surface area contributed by atoms with Gasteiger partial charge in [-0.3, -0.25) is 9.36 Å². The van der Waals surface area contributed by atoms with Crippen molar-refractivity contribution >= 4 is 21.6 Å². The molecule has 3 aromatic rings. The molecular formula is C16H18N4O2S. The highest BCUT2D eigenvalue weighted by Gasteiger charge is 2.23. The molecule has 0 saturated carbocycles. The van der Waals surface area contributed by atoms with Crippen LogP contribution in [0.5, 0.6) is 0 Å². The molecule has 7 heteroatoms. The summed E-state index contributed by atoms with van der Waals surface area (Å²) in [5.74, 6) is 1.79. The van der Waals surface area contributed by atoms with Crippen LogP contribution in [0.3, 0.4) is 0 Å². The Hall–Kier alpha value is -2.02. The van der Waals surface area contributed by atoms with Crippen molar-refractivity contribution in [2.24, 2.45) is 5.92 Å². The predicted molar refractivity (Wildman–Crippen MR) is 87.8 cm³/mol. The number of hydrogen-bond donors (Lipinski definition) is 0. The first kappa shape index (κ1) is 14.6. The molecule has 0 radical (unpaired) electrons. The van der Waals surface area contributed by atoms with Gasteiger partial charge in [0.25, 0.3) is 5.56 Å². The van der Waals surface area contributed by atoms with Crippen LogP contribution in [0.4, 0.5) is 0 Å². The quantitative estimate of drug-likeness (QED) is 0.738. The average molecular weight is 330 g/mol. The summed E-state index contributed by atoms with van der Waals surface area (Å²) in [6.45, 7) is 4.52. The number of aromatic nitrogens is 4. The van der Waals surface area contributed by atoms with Gasteiger partial charge in [0.2, 0.25) is 5.89 Å². The van der Waals surface area contributed by atoms with Crippen LogP contribution in [-0.2, 0) is 25.8 Å². The van der Waals surface area contributed by atoms with Crippen LogP contribution >= 0.6 is 11.3 Å². The van der Waals surface area contributed by atoms with Crippen molar-refractivity contribution in [2.75, 3.05) is 0 Å². The summed E-state index contributed by atoms with van der Waals surface area (Å²) < 4.78 is 6.69. The third-order valence-electron chi connectivity index (χ3n) is 4.41. The molecular weight excluding hydrogens is 312 g/mol. The highest BCUT2D eigenvalue weighted by Crippen LogP contribution is 2.35. The van der Waals surface area contributed by atoms with E-state index in [0.717, 1.165) is 29.5 Å². The molecule has 3 aromatic heterocycles. The molecule has 120 valence electrons. The summed E-state index contributed by atoms with van der Waals surface area (Å²) >= 11 is 1.67. The van der Waals surface area contributed by atoms with Crippen molar-refractivity contribution in [2.45, 2.75) is 46.1 Å². The normalized spacial score (nSPS) is 17.6. The van der Waals surface area contributed by atoms with Crippen molar-refractivity contribution in [1.82, 2.24) is 19.7 Å². The van der Waals surface area contributed by atoms with E-state index in [2.05, 4.69) is 22.0 Å². The van der Waals surface area contributed by atoms with E-state index in [4.69, 9.17) is 4.52 Å². The molecule has 0 aliphatic heterocycles. The standard InChI is InChI=1S/C16H18N4O2S/c1-3-13-18-12(19-22-13)7-20-8-17-15-14(16(20)21)10-5-4-9(2)6-11(10)23-15/h8-9H,3-7H2,1-2H3/t9-/m0/s1. The average Bonchev–Trinajstić information content (AvgIpc) is 3.13. The Balaban J connectivity index is 1.77. The smallest absolute Gasteiger partial charge is 0.262 e. The topological polar surface area (TPSA) is 73.8 Å². The van der Waals surface area contributed by atoms with Gasteiger partial charge in [0, 0.05) is 11.3 Å². The van der Waals surface area contributed by atoms with E-state index in [1.165, 1.54) is 10.4 Å². The molecule has 0 aromatic carbocycles. The van der Waals surface area contributed by atoms with Crippen LogP contribution in [0.1, 0.15) is 42.4 Å². The van der Waals surface area contributed by atoms with Gasteiger partial charge < -0.3 is 4.52 Å². The zero-order valence-corrected chi connectivity index (χ0v) is 14.0. The Bertz CT molecular complexity index is 924. The molecule has 6 nitrogen and oxygen atoms in total. The first-order valence-corrected chi connectivity index (χ1v) is 8.78. The lowest BCUT2D eigenvalue weighted by atomic mass is 9.89. The van der Waals surface area contributed by atoms with E-state index in [1.807, 2.05) is 6.92 Å². The fraction of sp³-hybridized carbons (Fsp3) is 0.500.